The van der Waals surface area contributed by atoms with Gasteiger partial charge in [-0.15, -0.1) is 0 Å². The van der Waals surface area contributed by atoms with Gasteiger partial charge in [-0.3, -0.25) is 4.79 Å². The number of carbonyl (C=O) groups excluding carboxylic acids is 1. The monoisotopic (exact) mass is 341 g/mol. The Morgan fingerprint density at radius 1 is 0.760 bits per heavy atom. The van der Waals surface area contributed by atoms with Crippen LogP contribution in [0.3, 0.4) is 0 Å². The Balaban J connectivity index is 2.02. The molecule has 3 aromatic carbocycles. The molecule has 0 bridgehead atoms. The number of hydrogen-bond acceptors (Lipinski definition) is 1. The standard InChI is InChI=1S/C20H14F3NO/c21-17-12-11-16(18(22)19(17)23)20(25)24(15-9-5-2-6-10-15)13-14-7-3-1-4-8-14/h1-12H,13H2. The molecule has 0 atom stereocenters. The van der Waals surface area contributed by atoms with Crippen LogP contribution in [0.5, 0.6) is 0 Å². The molecule has 3 rings (SSSR count). The fourth-order valence-corrected chi connectivity index (χ4v) is 2.49. The molecule has 0 N–H and O–H groups in total. The fraction of sp³-hybridized carbons (Fsp3) is 0.0500. The van der Waals surface area contributed by atoms with Crippen molar-refractivity contribution >= 4 is 11.6 Å². The van der Waals surface area contributed by atoms with Gasteiger partial charge in [0.2, 0.25) is 0 Å². The van der Waals surface area contributed by atoms with Gasteiger partial charge in [-0.25, -0.2) is 13.2 Å². The Morgan fingerprint density at radius 2 is 1.36 bits per heavy atom. The van der Waals surface area contributed by atoms with Gasteiger partial charge >= 0.3 is 0 Å². The molecule has 2 nitrogen and oxygen atoms in total. The minimum Gasteiger partial charge on any atom is -0.304 e. The Hall–Kier alpha value is -3.08. The van der Waals surface area contributed by atoms with E-state index in [1.54, 1.807) is 30.3 Å². The quantitative estimate of drug-likeness (QED) is 0.615. The Morgan fingerprint density at radius 3 is 2.00 bits per heavy atom. The SMILES string of the molecule is O=C(c1ccc(F)c(F)c1F)N(Cc1ccccc1)c1ccccc1. The average Bonchev–Trinajstić information content (AvgIpc) is 2.65. The van der Waals surface area contributed by atoms with Gasteiger partial charge in [-0.1, -0.05) is 48.5 Å². The summed E-state index contributed by atoms with van der Waals surface area (Å²) in [5.74, 6) is -5.22. The van der Waals surface area contributed by atoms with E-state index in [0.29, 0.717) is 5.69 Å². The van der Waals surface area contributed by atoms with Gasteiger partial charge in [0, 0.05) is 5.69 Å². The van der Waals surface area contributed by atoms with Crippen molar-refractivity contribution in [1.29, 1.82) is 0 Å². The van der Waals surface area contributed by atoms with E-state index in [4.69, 9.17) is 0 Å². The van der Waals surface area contributed by atoms with E-state index in [9.17, 15) is 18.0 Å². The van der Waals surface area contributed by atoms with Crippen molar-refractivity contribution in [3.05, 3.63) is 101 Å². The summed E-state index contributed by atoms with van der Waals surface area (Å²) in [6.45, 7) is 0.169. The van der Waals surface area contributed by atoms with Crippen LogP contribution in [0.1, 0.15) is 15.9 Å². The molecule has 0 saturated heterocycles. The minimum absolute atomic E-state index is 0.169. The number of hydrogen-bond donors (Lipinski definition) is 0. The molecule has 0 fully saturated rings. The molecule has 0 spiro atoms. The zero-order valence-electron chi connectivity index (χ0n) is 13.1. The first-order valence-corrected chi connectivity index (χ1v) is 7.62. The fourth-order valence-electron chi connectivity index (χ4n) is 2.49. The van der Waals surface area contributed by atoms with Crippen molar-refractivity contribution < 1.29 is 18.0 Å². The van der Waals surface area contributed by atoms with E-state index in [1.165, 1.54) is 4.90 Å². The highest BCUT2D eigenvalue weighted by atomic mass is 19.2. The Kier molecular flexibility index (Phi) is 4.84. The number of anilines is 1. The van der Waals surface area contributed by atoms with Gasteiger partial charge in [-0.05, 0) is 29.8 Å². The van der Waals surface area contributed by atoms with Crippen molar-refractivity contribution in [2.45, 2.75) is 6.54 Å². The summed E-state index contributed by atoms with van der Waals surface area (Å²) in [5.41, 5.74) is 0.835. The second kappa shape index (κ2) is 7.21. The highest BCUT2D eigenvalue weighted by Crippen LogP contribution is 2.23. The summed E-state index contributed by atoms with van der Waals surface area (Å²) in [4.78, 5) is 14.2. The van der Waals surface area contributed by atoms with E-state index >= 15 is 0 Å². The third-order valence-corrected chi connectivity index (χ3v) is 3.76. The smallest absolute Gasteiger partial charge is 0.261 e. The second-order valence-electron chi connectivity index (χ2n) is 5.44. The molecule has 0 saturated carbocycles. The van der Waals surface area contributed by atoms with Crippen LogP contribution in [-0.2, 0) is 6.54 Å². The molecule has 0 aromatic heterocycles. The lowest BCUT2D eigenvalue weighted by Crippen LogP contribution is -2.31. The maximum absolute atomic E-state index is 14.1. The summed E-state index contributed by atoms with van der Waals surface area (Å²) in [7, 11) is 0. The van der Waals surface area contributed by atoms with Gasteiger partial charge in [-0.2, -0.15) is 0 Å². The lowest BCUT2D eigenvalue weighted by Gasteiger charge is -2.23. The van der Waals surface area contributed by atoms with Crippen molar-refractivity contribution in [3.63, 3.8) is 0 Å². The van der Waals surface area contributed by atoms with E-state index in [2.05, 4.69) is 0 Å². The Bertz CT molecular complexity index is 882. The van der Waals surface area contributed by atoms with Gasteiger partial charge in [0.05, 0.1) is 12.1 Å². The average molecular weight is 341 g/mol. The van der Waals surface area contributed by atoms with Crippen molar-refractivity contribution in [3.8, 4) is 0 Å². The third kappa shape index (κ3) is 3.55. The maximum atomic E-state index is 14.1. The molecule has 0 aliphatic carbocycles. The molecule has 3 aromatic rings. The van der Waals surface area contributed by atoms with Crippen LogP contribution in [0.2, 0.25) is 0 Å². The summed E-state index contributed by atoms with van der Waals surface area (Å²) < 4.78 is 40.7. The van der Waals surface area contributed by atoms with E-state index in [-0.39, 0.29) is 6.54 Å². The van der Waals surface area contributed by atoms with Crippen LogP contribution in [-0.4, -0.2) is 5.91 Å². The van der Waals surface area contributed by atoms with Crippen LogP contribution in [0.25, 0.3) is 0 Å². The van der Waals surface area contributed by atoms with Gasteiger partial charge in [0.15, 0.2) is 17.5 Å². The zero-order valence-corrected chi connectivity index (χ0v) is 13.1. The van der Waals surface area contributed by atoms with Crippen molar-refractivity contribution in [1.82, 2.24) is 0 Å². The molecule has 25 heavy (non-hydrogen) atoms. The van der Waals surface area contributed by atoms with Crippen molar-refractivity contribution in [2.75, 3.05) is 4.90 Å². The number of benzene rings is 3. The largest absolute Gasteiger partial charge is 0.304 e. The normalized spacial score (nSPS) is 10.5. The van der Waals surface area contributed by atoms with Crippen molar-refractivity contribution in [2.24, 2.45) is 0 Å². The summed E-state index contributed by atoms with van der Waals surface area (Å²) in [6.07, 6.45) is 0. The molecule has 126 valence electrons. The molecular formula is C20H14F3NO. The highest BCUT2D eigenvalue weighted by molar-refractivity contribution is 6.06. The number of nitrogens with zero attached hydrogens (tertiary/aromatic N) is 1. The second-order valence-corrected chi connectivity index (χ2v) is 5.44. The molecule has 0 unspecified atom stereocenters. The molecule has 5 heteroatoms. The van der Waals surface area contributed by atoms with Crippen LogP contribution < -0.4 is 4.90 Å². The zero-order chi connectivity index (χ0) is 17.8. The molecule has 0 aliphatic rings. The molecule has 0 heterocycles. The van der Waals surface area contributed by atoms with E-state index < -0.39 is 28.9 Å². The maximum Gasteiger partial charge on any atom is 0.261 e. The summed E-state index contributed by atoms with van der Waals surface area (Å²) in [5, 5.41) is 0. The van der Waals surface area contributed by atoms with Gasteiger partial charge in [0.25, 0.3) is 5.91 Å². The topological polar surface area (TPSA) is 20.3 Å². The predicted molar refractivity (Wildman–Crippen MR) is 89.7 cm³/mol. The van der Waals surface area contributed by atoms with Crippen LogP contribution in [0.15, 0.2) is 72.8 Å². The number of carbonyl (C=O) groups is 1. The first-order chi connectivity index (χ1) is 12.1. The Labute approximate surface area is 143 Å². The highest BCUT2D eigenvalue weighted by Gasteiger charge is 2.24. The third-order valence-electron chi connectivity index (χ3n) is 3.76. The van der Waals surface area contributed by atoms with E-state index in [1.807, 2.05) is 30.3 Å². The van der Waals surface area contributed by atoms with Crippen LogP contribution in [0, 0.1) is 17.5 Å². The summed E-state index contributed by atoms with van der Waals surface area (Å²) in [6, 6.07) is 19.5. The van der Waals surface area contributed by atoms with Crippen LogP contribution >= 0.6 is 0 Å². The number of rotatable bonds is 4. The number of para-hydroxylation sites is 1. The molecular weight excluding hydrogens is 327 g/mol. The van der Waals surface area contributed by atoms with Gasteiger partial charge < -0.3 is 4.90 Å². The first kappa shape index (κ1) is 16.8. The number of halogens is 3. The molecule has 1 amide bonds. The predicted octanol–water partition coefficient (Wildman–Crippen LogP) is 4.95. The lowest BCUT2D eigenvalue weighted by atomic mass is 10.1. The van der Waals surface area contributed by atoms with E-state index in [0.717, 1.165) is 17.7 Å². The molecule has 0 radical (unpaired) electrons. The summed E-state index contributed by atoms with van der Waals surface area (Å²) >= 11 is 0. The van der Waals surface area contributed by atoms with Gasteiger partial charge in [0.1, 0.15) is 0 Å². The lowest BCUT2D eigenvalue weighted by molar-refractivity contribution is 0.0980. The number of amides is 1. The molecule has 0 aliphatic heterocycles. The van der Waals surface area contributed by atoms with Crippen LogP contribution in [0.4, 0.5) is 18.9 Å². The minimum atomic E-state index is -1.65. The first-order valence-electron chi connectivity index (χ1n) is 7.62.